The third-order valence-corrected chi connectivity index (χ3v) is 5.19. The third kappa shape index (κ3) is 6.19. The molecule has 2 aromatic rings. The van der Waals surface area contributed by atoms with Crippen molar-refractivity contribution < 1.29 is 14.3 Å². The van der Waals surface area contributed by atoms with Crippen LogP contribution in [0.4, 0.5) is 0 Å². The SMILES string of the molecule is CCOc1ccc(C(=O)NCC2CCN(Cc3cccnc3)CC2)cc1OCC. The molecule has 1 aliphatic heterocycles. The van der Waals surface area contributed by atoms with Gasteiger partial charge in [-0.15, -0.1) is 0 Å². The molecule has 1 aliphatic rings. The van der Waals surface area contributed by atoms with Gasteiger partial charge < -0.3 is 14.8 Å². The van der Waals surface area contributed by atoms with Gasteiger partial charge >= 0.3 is 0 Å². The third-order valence-electron chi connectivity index (χ3n) is 5.19. The van der Waals surface area contributed by atoms with E-state index in [1.807, 2.05) is 26.1 Å². The molecular formula is C23H31N3O3. The van der Waals surface area contributed by atoms with E-state index in [-0.39, 0.29) is 5.91 Å². The second kappa shape index (κ2) is 10.8. The summed E-state index contributed by atoms with van der Waals surface area (Å²) in [6.45, 7) is 8.69. The van der Waals surface area contributed by atoms with Gasteiger partial charge in [-0.25, -0.2) is 0 Å². The Morgan fingerprint density at radius 3 is 2.59 bits per heavy atom. The maximum Gasteiger partial charge on any atom is 0.251 e. The Bertz CT molecular complexity index is 774. The summed E-state index contributed by atoms with van der Waals surface area (Å²) in [6, 6.07) is 9.46. The van der Waals surface area contributed by atoms with E-state index >= 15 is 0 Å². The van der Waals surface area contributed by atoms with Crippen molar-refractivity contribution in [3.63, 3.8) is 0 Å². The van der Waals surface area contributed by atoms with Gasteiger partial charge in [0.15, 0.2) is 11.5 Å². The highest BCUT2D eigenvalue weighted by Gasteiger charge is 2.20. The van der Waals surface area contributed by atoms with Gasteiger partial charge in [0.2, 0.25) is 0 Å². The number of hydrogen-bond acceptors (Lipinski definition) is 5. The Balaban J connectivity index is 1.47. The molecule has 0 radical (unpaired) electrons. The molecule has 0 atom stereocenters. The molecule has 1 aromatic heterocycles. The van der Waals surface area contributed by atoms with Gasteiger partial charge in [0.05, 0.1) is 13.2 Å². The minimum absolute atomic E-state index is 0.0632. The number of nitrogens with one attached hydrogen (secondary N) is 1. The van der Waals surface area contributed by atoms with Crippen LogP contribution in [0.2, 0.25) is 0 Å². The number of ether oxygens (including phenoxy) is 2. The minimum Gasteiger partial charge on any atom is -0.490 e. The Morgan fingerprint density at radius 1 is 1.14 bits per heavy atom. The summed E-state index contributed by atoms with van der Waals surface area (Å²) in [7, 11) is 0. The molecule has 1 amide bonds. The number of carbonyl (C=O) groups excluding carboxylic acids is 1. The molecule has 0 spiro atoms. The summed E-state index contributed by atoms with van der Waals surface area (Å²) in [5.41, 5.74) is 1.85. The number of rotatable bonds is 9. The Hall–Kier alpha value is -2.60. The highest BCUT2D eigenvalue weighted by atomic mass is 16.5. The van der Waals surface area contributed by atoms with Crippen molar-refractivity contribution in [2.75, 3.05) is 32.8 Å². The Labute approximate surface area is 173 Å². The molecule has 29 heavy (non-hydrogen) atoms. The fraction of sp³-hybridized carbons (Fsp3) is 0.478. The first kappa shape index (κ1) is 21.1. The number of hydrogen-bond donors (Lipinski definition) is 1. The zero-order chi connectivity index (χ0) is 20.5. The van der Waals surface area contributed by atoms with Crippen molar-refractivity contribution in [2.24, 2.45) is 5.92 Å². The number of likely N-dealkylation sites (tertiary alicyclic amines) is 1. The van der Waals surface area contributed by atoms with Gasteiger partial charge in [-0.3, -0.25) is 14.7 Å². The molecule has 1 saturated heterocycles. The first-order chi connectivity index (χ1) is 14.2. The van der Waals surface area contributed by atoms with Crippen LogP contribution < -0.4 is 14.8 Å². The van der Waals surface area contributed by atoms with Gasteiger partial charge in [0, 0.05) is 31.0 Å². The second-order valence-corrected chi connectivity index (χ2v) is 7.32. The van der Waals surface area contributed by atoms with Gasteiger partial charge in [0.1, 0.15) is 0 Å². The molecule has 1 N–H and O–H groups in total. The summed E-state index contributed by atoms with van der Waals surface area (Å²) < 4.78 is 11.2. The number of benzene rings is 1. The molecule has 1 fully saturated rings. The van der Waals surface area contributed by atoms with Crippen LogP contribution in [0.25, 0.3) is 0 Å². The topological polar surface area (TPSA) is 63.7 Å². The quantitative estimate of drug-likeness (QED) is 0.701. The van der Waals surface area contributed by atoms with Crippen LogP contribution in [-0.2, 0) is 6.54 Å². The van der Waals surface area contributed by atoms with Gasteiger partial charge in [0.25, 0.3) is 5.91 Å². The van der Waals surface area contributed by atoms with Crippen molar-refractivity contribution in [1.82, 2.24) is 15.2 Å². The number of nitrogens with zero attached hydrogens (tertiary/aromatic N) is 2. The molecule has 0 bridgehead atoms. The number of carbonyl (C=O) groups is 1. The van der Waals surface area contributed by atoms with E-state index in [2.05, 4.69) is 21.3 Å². The second-order valence-electron chi connectivity index (χ2n) is 7.32. The first-order valence-electron chi connectivity index (χ1n) is 10.5. The lowest BCUT2D eigenvalue weighted by Crippen LogP contribution is -2.38. The van der Waals surface area contributed by atoms with Crippen LogP contribution in [0.1, 0.15) is 42.6 Å². The van der Waals surface area contributed by atoms with Crippen LogP contribution in [-0.4, -0.2) is 48.6 Å². The van der Waals surface area contributed by atoms with E-state index in [4.69, 9.17) is 9.47 Å². The maximum atomic E-state index is 12.6. The van der Waals surface area contributed by atoms with E-state index in [0.717, 1.165) is 32.5 Å². The molecule has 6 nitrogen and oxygen atoms in total. The summed E-state index contributed by atoms with van der Waals surface area (Å²) in [4.78, 5) is 19.2. The smallest absolute Gasteiger partial charge is 0.251 e. The maximum absolute atomic E-state index is 12.6. The number of aromatic nitrogens is 1. The van der Waals surface area contributed by atoms with E-state index in [9.17, 15) is 4.79 Å². The molecule has 156 valence electrons. The average molecular weight is 398 g/mol. The minimum atomic E-state index is -0.0632. The predicted octanol–water partition coefficient (Wildman–Crippen LogP) is 3.52. The standard InChI is InChI=1S/C23H31N3O3/c1-3-28-21-8-7-20(14-22(21)29-4-2)23(27)25-16-18-9-12-26(13-10-18)17-19-6-5-11-24-15-19/h5-8,11,14-15,18H,3-4,9-10,12-13,16-17H2,1-2H3,(H,25,27). The molecule has 0 unspecified atom stereocenters. The molecule has 6 heteroatoms. The molecule has 0 aliphatic carbocycles. The zero-order valence-corrected chi connectivity index (χ0v) is 17.4. The van der Waals surface area contributed by atoms with Gasteiger partial charge in [-0.2, -0.15) is 0 Å². The zero-order valence-electron chi connectivity index (χ0n) is 17.4. The average Bonchev–Trinajstić information content (AvgIpc) is 2.75. The summed E-state index contributed by atoms with van der Waals surface area (Å²) in [5.74, 6) is 1.74. The van der Waals surface area contributed by atoms with Crippen LogP contribution in [0, 0.1) is 5.92 Å². The monoisotopic (exact) mass is 397 g/mol. The van der Waals surface area contributed by atoms with Crippen LogP contribution >= 0.6 is 0 Å². The summed E-state index contributed by atoms with van der Waals surface area (Å²) >= 11 is 0. The van der Waals surface area contributed by atoms with Crippen molar-refractivity contribution in [1.29, 1.82) is 0 Å². The van der Waals surface area contributed by atoms with E-state index in [1.54, 1.807) is 24.4 Å². The lowest BCUT2D eigenvalue weighted by atomic mass is 9.96. The molecule has 1 aromatic carbocycles. The van der Waals surface area contributed by atoms with Crippen molar-refractivity contribution >= 4 is 5.91 Å². The number of amides is 1. The normalized spacial score (nSPS) is 15.1. The fourth-order valence-electron chi connectivity index (χ4n) is 3.63. The van der Waals surface area contributed by atoms with Crippen molar-refractivity contribution in [3.8, 4) is 11.5 Å². The number of pyridine rings is 1. The Kier molecular flexibility index (Phi) is 7.87. The van der Waals surface area contributed by atoms with Gasteiger partial charge in [-0.1, -0.05) is 6.07 Å². The lowest BCUT2D eigenvalue weighted by molar-refractivity contribution is 0.0934. The van der Waals surface area contributed by atoms with E-state index in [1.165, 1.54) is 5.56 Å². The van der Waals surface area contributed by atoms with Gasteiger partial charge in [-0.05, 0) is 75.5 Å². The predicted molar refractivity (Wildman–Crippen MR) is 113 cm³/mol. The van der Waals surface area contributed by atoms with Crippen LogP contribution in [0.15, 0.2) is 42.7 Å². The molecule has 2 heterocycles. The van der Waals surface area contributed by atoms with E-state index in [0.29, 0.717) is 42.7 Å². The van der Waals surface area contributed by atoms with Crippen molar-refractivity contribution in [2.45, 2.75) is 33.2 Å². The molecule has 3 rings (SSSR count). The lowest BCUT2D eigenvalue weighted by Gasteiger charge is -2.32. The largest absolute Gasteiger partial charge is 0.490 e. The van der Waals surface area contributed by atoms with Crippen LogP contribution in [0.3, 0.4) is 0 Å². The molecular weight excluding hydrogens is 366 g/mol. The fourth-order valence-corrected chi connectivity index (χ4v) is 3.63. The van der Waals surface area contributed by atoms with E-state index < -0.39 is 0 Å². The summed E-state index contributed by atoms with van der Waals surface area (Å²) in [5, 5.41) is 3.09. The molecule has 0 saturated carbocycles. The summed E-state index contributed by atoms with van der Waals surface area (Å²) in [6.07, 6.45) is 5.92. The Morgan fingerprint density at radius 2 is 1.90 bits per heavy atom. The first-order valence-corrected chi connectivity index (χ1v) is 10.5. The number of piperidine rings is 1. The van der Waals surface area contributed by atoms with Crippen molar-refractivity contribution in [3.05, 3.63) is 53.9 Å². The van der Waals surface area contributed by atoms with Crippen LogP contribution in [0.5, 0.6) is 11.5 Å². The highest BCUT2D eigenvalue weighted by Crippen LogP contribution is 2.28. The highest BCUT2D eigenvalue weighted by molar-refractivity contribution is 5.94.